The van der Waals surface area contributed by atoms with Gasteiger partial charge in [0, 0.05) is 50.6 Å². The number of piperazine rings is 1. The molecule has 1 saturated heterocycles. The zero-order valence-electron chi connectivity index (χ0n) is 15.2. The van der Waals surface area contributed by atoms with Gasteiger partial charge in [-0.3, -0.25) is 9.69 Å². The minimum absolute atomic E-state index is 0.0438. The molecule has 136 valence electrons. The molecule has 0 atom stereocenters. The Hall–Kier alpha value is -2.01. The van der Waals surface area contributed by atoms with Crippen LogP contribution in [0.5, 0.6) is 11.5 Å². The Bertz CT molecular complexity index is 615. The molecule has 1 saturated carbocycles. The summed E-state index contributed by atoms with van der Waals surface area (Å²) in [5.41, 5.74) is 0.559. The first-order valence-corrected chi connectivity index (χ1v) is 9.14. The predicted molar refractivity (Wildman–Crippen MR) is 98.4 cm³/mol. The average Bonchev–Trinajstić information content (AvgIpc) is 3.20. The van der Waals surface area contributed by atoms with Crippen LogP contribution in [0.4, 0.5) is 0 Å². The lowest BCUT2D eigenvalue weighted by molar-refractivity contribution is 0.103. The van der Waals surface area contributed by atoms with Gasteiger partial charge in [0.1, 0.15) is 11.5 Å². The van der Waals surface area contributed by atoms with Crippen molar-refractivity contribution in [2.24, 2.45) is 0 Å². The largest absolute Gasteiger partial charge is 0.497 e. The van der Waals surface area contributed by atoms with Crippen LogP contribution in [0.15, 0.2) is 30.5 Å². The lowest BCUT2D eigenvalue weighted by Gasteiger charge is -2.37. The Labute approximate surface area is 150 Å². The fourth-order valence-corrected chi connectivity index (χ4v) is 3.79. The molecule has 3 rings (SSSR count). The smallest absolute Gasteiger partial charge is 0.191 e. The van der Waals surface area contributed by atoms with Gasteiger partial charge in [-0.25, -0.2) is 0 Å². The number of hydrogen-bond acceptors (Lipinski definition) is 5. The number of carbonyl (C=O) groups excluding carboxylic acids is 1. The van der Waals surface area contributed by atoms with Crippen molar-refractivity contribution in [3.63, 3.8) is 0 Å². The second-order valence-corrected chi connectivity index (χ2v) is 6.76. The fourth-order valence-electron chi connectivity index (χ4n) is 3.79. The molecule has 2 fully saturated rings. The minimum Gasteiger partial charge on any atom is -0.497 e. The van der Waals surface area contributed by atoms with Crippen molar-refractivity contribution < 1.29 is 14.3 Å². The van der Waals surface area contributed by atoms with Crippen LogP contribution in [0.1, 0.15) is 36.0 Å². The van der Waals surface area contributed by atoms with Crippen LogP contribution in [0.25, 0.3) is 0 Å². The topological polar surface area (TPSA) is 42.0 Å². The molecular weight excluding hydrogens is 316 g/mol. The zero-order valence-corrected chi connectivity index (χ0v) is 15.2. The Morgan fingerprint density at radius 1 is 1.08 bits per heavy atom. The molecule has 0 unspecified atom stereocenters. The molecule has 1 aromatic carbocycles. The van der Waals surface area contributed by atoms with E-state index in [0.717, 1.165) is 32.2 Å². The highest BCUT2D eigenvalue weighted by Gasteiger charge is 2.25. The number of hydrogen-bond donors (Lipinski definition) is 0. The van der Waals surface area contributed by atoms with Crippen molar-refractivity contribution in [3.8, 4) is 11.5 Å². The van der Waals surface area contributed by atoms with Gasteiger partial charge in [0.15, 0.2) is 5.78 Å². The van der Waals surface area contributed by atoms with E-state index in [1.54, 1.807) is 38.5 Å². The second kappa shape index (κ2) is 8.39. The van der Waals surface area contributed by atoms with Gasteiger partial charge < -0.3 is 14.4 Å². The van der Waals surface area contributed by atoms with Gasteiger partial charge in [-0.1, -0.05) is 12.8 Å². The predicted octanol–water partition coefficient (Wildman–Crippen LogP) is 2.96. The zero-order chi connectivity index (χ0) is 17.6. The first kappa shape index (κ1) is 17.8. The number of rotatable bonds is 6. The van der Waals surface area contributed by atoms with E-state index in [2.05, 4.69) is 9.80 Å². The average molecular weight is 344 g/mol. The van der Waals surface area contributed by atoms with Crippen LogP contribution in [-0.4, -0.2) is 62.0 Å². The Morgan fingerprint density at radius 2 is 1.80 bits per heavy atom. The molecule has 0 radical (unpaired) electrons. The third-order valence-corrected chi connectivity index (χ3v) is 5.30. The van der Waals surface area contributed by atoms with E-state index in [-0.39, 0.29) is 5.78 Å². The maximum Gasteiger partial charge on any atom is 0.191 e. The van der Waals surface area contributed by atoms with E-state index in [4.69, 9.17) is 9.47 Å². The Kier molecular flexibility index (Phi) is 5.97. The molecule has 1 aliphatic carbocycles. The van der Waals surface area contributed by atoms with Gasteiger partial charge in [-0.2, -0.15) is 0 Å². The van der Waals surface area contributed by atoms with E-state index in [1.807, 2.05) is 6.20 Å². The molecule has 1 aliphatic heterocycles. The number of ether oxygens (including phenoxy) is 2. The van der Waals surface area contributed by atoms with Crippen LogP contribution in [0.3, 0.4) is 0 Å². The maximum absolute atomic E-state index is 12.5. The van der Waals surface area contributed by atoms with E-state index in [0.29, 0.717) is 17.1 Å². The summed E-state index contributed by atoms with van der Waals surface area (Å²) >= 11 is 0. The van der Waals surface area contributed by atoms with Crippen molar-refractivity contribution in [2.45, 2.75) is 31.7 Å². The second-order valence-electron chi connectivity index (χ2n) is 6.76. The number of allylic oxidation sites excluding steroid dienone is 1. The Morgan fingerprint density at radius 3 is 2.44 bits per heavy atom. The lowest BCUT2D eigenvalue weighted by atomic mass is 10.1. The molecule has 5 nitrogen and oxygen atoms in total. The normalized spacial score (nSPS) is 19.5. The third kappa shape index (κ3) is 4.34. The Balaban J connectivity index is 1.56. The summed E-state index contributed by atoms with van der Waals surface area (Å²) in [4.78, 5) is 17.3. The first-order chi connectivity index (χ1) is 12.2. The fraction of sp³-hybridized carbons (Fsp3) is 0.550. The van der Waals surface area contributed by atoms with Gasteiger partial charge in [0.25, 0.3) is 0 Å². The number of methoxy groups -OCH3 is 2. The van der Waals surface area contributed by atoms with Crippen molar-refractivity contribution in [3.05, 3.63) is 36.0 Å². The summed E-state index contributed by atoms with van der Waals surface area (Å²) in [6, 6.07) is 6.06. The molecule has 0 spiro atoms. The van der Waals surface area contributed by atoms with E-state index < -0.39 is 0 Å². The minimum atomic E-state index is -0.0438. The van der Waals surface area contributed by atoms with E-state index in [9.17, 15) is 4.79 Å². The summed E-state index contributed by atoms with van der Waals surface area (Å²) in [6.07, 6.45) is 9.04. The number of ketones is 1. The third-order valence-electron chi connectivity index (χ3n) is 5.30. The monoisotopic (exact) mass is 344 g/mol. The number of nitrogens with zero attached hydrogens (tertiary/aromatic N) is 2. The standard InChI is InChI=1S/C20H28N2O3/c1-24-17-7-8-18(20(15-17)25-2)19(23)9-10-21-11-13-22(14-12-21)16-5-3-4-6-16/h7-10,15-16H,3-6,11-14H2,1-2H3. The molecule has 0 amide bonds. The number of carbonyl (C=O) groups is 1. The highest BCUT2D eigenvalue weighted by molar-refractivity contribution is 6.06. The molecule has 0 N–H and O–H groups in total. The summed E-state index contributed by atoms with van der Waals surface area (Å²) in [7, 11) is 3.17. The SMILES string of the molecule is COc1ccc(C(=O)C=CN2CCN(C3CCCC3)CC2)c(OC)c1. The van der Waals surface area contributed by atoms with Crippen molar-refractivity contribution in [1.29, 1.82) is 0 Å². The molecule has 0 aromatic heterocycles. The van der Waals surface area contributed by atoms with Gasteiger partial charge in [0.05, 0.1) is 19.8 Å². The highest BCUT2D eigenvalue weighted by Crippen LogP contribution is 2.26. The first-order valence-electron chi connectivity index (χ1n) is 9.14. The van der Waals surface area contributed by atoms with Crippen molar-refractivity contribution in [2.75, 3.05) is 40.4 Å². The molecule has 1 heterocycles. The summed E-state index contributed by atoms with van der Waals surface area (Å²) in [5.74, 6) is 1.18. The van der Waals surface area contributed by atoms with Crippen LogP contribution in [0, 0.1) is 0 Å². The van der Waals surface area contributed by atoms with Crippen LogP contribution in [-0.2, 0) is 0 Å². The quantitative estimate of drug-likeness (QED) is 0.586. The van der Waals surface area contributed by atoms with E-state index in [1.165, 1.54) is 25.7 Å². The molecule has 5 heteroatoms. The molecule has 2 aliphatic rings. The van der Waals surface area contributed by atoms with Crippen LogP contribution >= 0.6 is 0 Å². The van der Waals surface area contributed by atoms with Crippen molar-refractivity contribution >= 4 is 5.78 Å². The molecular formula is C20H28N2O3. The summed E-state index contributed by atoms with van der Waals surface area (Å²) < 4.78 is 10.5. The van der Waals surface area contributed by atoms with Gasteiger partial charge in [0.2, 0.25) is 0 Å². The van der Waals surface area contributed by atoms with Crippen LogP contribution in [0.2, 0.25) is 0 Å². The molecule has 0 bridgehead atoms. The van der Waals surface area contributed by atoms with E-state index >= 15 is 0 Å². The maximum atomic E-state index is 12.5. The summed E-state index contributed by atoms with van der Waals surface area (Å²) in [6.45, 7) is 4.16. The highest BCUT2D eigenvalue weighted by atomic mass is 16.5. The molecule has 1 aromatic rings. The molecule has 25 heavy (non-hydrogen) atoms. The van der Waals surface area contributed by atoms with Crippen molar-refractivity contribution in [1.82, 2.24) is 9.80 Å². The van der Waals surface area contributed by atoms with Gasteiger partial charge >= 0.3 is 0 Å². The van der Waals surface area contributed by atoms with Gasteiger partial charge in [-0.15, -0.1) is 0 Å². The lowest BCUT2D eigenvalue weighted by Crippen LogP contribution is -2.47. The van der Waals surface area contributed by atoms with Crippen LogP contribution < -0.4 is 9.47 Å². The number of benzene rings is 1. The van der Waals surface area contributed by atoms with Gasteiger partial charge in [-0.05, 0) is 25.0 Å². The summed E-state index contributed by atoms with van der Waals surface area (Å²) in [5, 5.41) is 0.